The number of hydrogen-bond acceptors (Lipinski definition) is 8. The molecule has 1 atom stereocenters. The predicted molar refractivity (Wildman–Crippen MR) is 91.6 cm³/mol. The van der Waals surface area contributed by atoms with Gasteiger partial charge in [0, 0.05) is 12.7 Å². The van der Waals surface area contributed by atoms with Crippen molar-refractivity contribution in [2.75, 3.05) is 17.7 Å². The number of benzene rings is 1. The van der Waals surface area contributed by atoms with Crippen LogP contribution in [0.25, 0.3) is 11.2 Å². The molecule has 4 rings (SSSR count). The van der Waals surface area contributed by atoms with Crippen molar-refractivity contribution in [2.45, 2.75) is 25.5 Å². The predicted octanol–water partition coefficient (Wildman–Crippen LogP) is 2.26. The molecule has 0 aliphatic carbocycles. The van der Waals surface area contributed by atoms with Crippen LogP contribution in [0.5, 0.6) is 11.5 Å². The molecule has 0 spiro atoms. The number of nitrogens with one attached hydrogen (secondary N) is 1. The summed E-state index contributed by atoms with van der Waals surface area (Å²) in [5.74, 6) is 0.406. The van der Waals surface area contributed by atoms with Gasteiger partial charge in [0.25, 0.3) is 0 Å². The molecular formula is C16H18N6O3. The highest BCUT2D eigenvalue weighted by Crippen LogP contribution is 2.33. The monoisotopic (exact) mass is 342 g/mol. The second-order valence-electron chi connectivity index (χ2n) is 5.90. The Morgan fingerprint density at radius 2 is 2.12 bits per heavy atom. The summed E-state index contributed by atoms with van der Waals surface area (Å²) in [5, 5.41) is 22.5. The zero-order valence-electron chi connectivity index (χ0n) is 13.4. The number of phenolic OH excluding ortho intramolecular Hbond substituents is 2. The second kappa shape index (κ2) is 6.10. The lowest BCUT2D eigenvalue weighted by Gasteiger charge is -2.23. The summed E-state index contributed by atoms with van der Waals surface area (Å²) in [6.45, 7) is 0.702. The van der Waals surface area contributed by atoms with Crippen molar-refractivity contribution >= 4 is 28.6 Å². The first-order chi connectivity index (χ1) is 12.1. The standard InChI is InChI=1S/C16H18N6O3/c17-16-20-14(19-10-7-9(23)4-5-11(10)24)13-15(21-16)22(8-18-13)12-3-1-2-6-25-12/h4-5,7-8,12,23-24H,1-3,6H2,(H3,17,19,20,21). The summed E-state index contributed by atoms with van der Waals surface area (Å²) in [6.07, 6.45) is 4.53. The topological polar surface area (TPSA) is 131 Å². The Bertz CT molecular complexity index is 920. The first kappa shape index (κ1) is 15.5. The van der Waals surface area contributed by atoms with Gasteiger partial charge in [-0.05, 0) is 31.4 Å². The number of nitrogens with two attached hydrogens (primary N) is 1. The minimum absolute atomic E-state index is 0.0136. The molecule has 130 valence electrons. The van der Waals surface area contributed by atoms with E-state index in [1.54, 1.807) is 6.33 Å². The molecule has 1 unspecified atom stereocenters. The molecule has 0 radical (unpaired) electrons. The molecule has 5 N–H and O–H groups in total. The number of nitrogens with zero attached hydrogens (tertiary/aromatic N) is 4. The molecule has 9 nitrogen and oxygen atoms in total. The third-order valence-corrected chi connectivity index (χ3v) is 4.14. The summed E-state index contributed by atoms with van der Waals surface area (Å²) >= 11 is 0. The van der Waals surface area contributed by atoms with Gasteiger partial charge in [0.15, 0.2) is 17.0 Å². The van der Waals surface area contributed by atoms with Crippen LogP contribution in [0.4, 0.5) is 17.5 Å². The average Bonchev–Trinajstić information content (AvgIpc) is 3.03. The molecule has 0 bridgehead atoms. The molecule has 2 aromatic heterocycles. The maximum absolute atomic E-state index is 9.95. The van der Waals surface area contributed by atoms with Gasteiger partial charge < -0.3 is 26.0 Å². The van der Waals surface area contributed by atoms with Gasteiger partial charge in [-0.15, -0.1) is 0 Å². The minimum atomic E-state index is -0.130. The summed E-state index contributed by atoms with van der Waals surface area (Å²) in [6, 6.07) is 4.16. The highest BCUT2D eigenvalue weighted by atomic mass is 16.5. The molecule has 0 amide bonds. The van der Waals surface area contributed by atoms with Gasteiger partial charge in [-0.3, -0.25) is 4.57 Å². The van der Waals surface area contributed by atoms with E-state index in [-0.39, 0.29) is 23.7 Å². The van der Waals surface area contributed by atoms with Crippen LogP contribution in [0.2, 0.25) is 0 Å². The Balaban J connectivity index is 1.76. The van der Waals surface area contributed by atoms with Crippen molar-refractivity contribution in [1.82, 2.24) is 19.5 Å². The summed E-state index contributed by atoms with van der Waals surface area (Å²) < 4.78 is 7.64. The van der Waals surface area contributed by atoms with Crippen LogP contribution in [0.15, 0.2) is 24.5 Å². The van der Waals surface area contributed by atoms with E-state index in [2.05, 4.69) is 20.3 Å². The Morgan fingerprint density at radius 3 is 2.92 bits per heavy atom. The molecule has 0 saturated carbocycles. The lowest BCUT2D eigenvalue weighted by Crippen LogP contribution is -2.18. The lowest BCUT2D eigenvalue weighted by atomic mass is 10.2. The zero-order valence-corrected chi connectivity index (χ0v) is 13.4. The van der Waals surface area contributed by atoms with E-state index in [0.717, 1.165) is 19.3 Å². The summed E-state index contributed by atoms with van der Waals surface area (Å²) in [4.78, 5) is 12.8. The number of phenols is 2. The smallest absolute Gasteiger partial charge is 0.224 e. The second-order valence-corrected chi connectivity index (χ2v) is 5.90. The largest absolute Gasteiger partial charge is 0.508 e. The Morgan fingerprint density at radius 1 is 1.24 bits per heavy atom. The number of ether oxygens (including phenoxy) is 1. The zero-order chi connectivity index (χ0) is 17.4. The van der Waals surface area contributed by atoms with Crippen LogP contribution in [-0.4, -0.2) is 36.3 Å². The maximum atomic E-state index is 9.95. The number of imidazole rings is 1. The van der Waals surface area contributed by atoms with Crippen LogP contribution in [0.3, 0.4) is 0 Å². The number of fused-ring (bicyclic) bond motifs is 1. The van der Waals surface area contributed by atoms with Crippen molar-refractivity contribution in [3.63, 3.8) is 0 Å². The molecular weight excluding hydrogens is 324 g/mol. The lowest BCUT2D eigenvalue weighted by molar-refractivity contribution is -0.0298. The number of aromatic hydroxyl groups is 2. The van der Waals surface area contributed by atoms with E-state index in [0.29, 0.717) is 29.3 Å². The van der Waals surface area contributed by atoms with Gasteiger partial charge in [0.2, 0.25) is 5.95 Å². The molecule has 1 saturated heterocycles. The fourth-order valence-electron chi connectivity index (χ4n) is 2.93. The third kappa shape index (κ3) is 2.89. The van der Waals surface area contributed by atoms with Gasteiger partial charge in [0.1, 0.15) is 17.7 Å². The van der Waals surface area contributed by atoms with E-state index < -0.39 is 0 Å². The number of rotatable bonds is 3. The number of anilines is 3. The van der Waals surface area contributed by atoms with Crippen molar-refractivity contribution in [3.8, 4) is 11.5 Å². The van der Waals surface area contributed by atoms with Gasteiger partial charge in [-0.2, -0.15) is 9.97 Å². The fraction of sp³-hybridized carbons (Fsp3) is 0.312. The van der Waals surface area contributed by atoms with E-state index in [1.165, 1.54) is 18.2 Å². The molecule has 1 fully saturated rings. The van der Waals surface area contributed by atoms with Gasteiger partial charge in [0.05, 0.1) is 12.0 Å². The summed E-state index contributed by atoms with van der Waals surface area (Å²) in [7, 11) is 0. The Labute approximate surface area is 143 Å². The van der Waals surface area contributed by atoms with Crippen molar-refractivity contribution in [3.05, 3.63) is 24.5 Å². The highest BCUT2D eigenvalue weighted by molar-refractivity contribution is 5.87. The molecule has 1 aliphatic rings. The quantitative estimate of drug-likeness (QED) is 0.421. The van der Waals surface area contributed by atoms with Crippen LogP contribution >= 0.6 is 0 Å². The number of nitrogen functional groups attached to an aromatic ring is 1. The Hall–Kier alpha value is -3.07. The molecule has 3 aromatic rings. The van der Waals surface area contributed by atoms with Crippen LogP contribution < -0.4 is 11.1 Å². The van der Waals surface area contributed by atoms with E-state index >= 15 is 0 Å². The first-order valence-electron chi connectivity index (χ1n) is 8.02. The summed E-state index contributed by atoms with van der Waals surface area (Å²) in [5.41, 5.74) is 7.20. The van der Waals surface area contributed by atoms with E-state index in [1.807, 2.05) is 4.57 Å². The van der Waals surface area contributed by atoms with Gasteiger partial charge in [-0.25, -0.2) is 4.98 Å². The molecule has 1 aliphatic heterocycles. The van der Waals surface area contributed by atoms with Gasteiger partial charge in [-0.1, -0.05) is 0 Å². The van der Waals surface area contributed by atoms with Crippen molar-refractivity contribution in [2.24, 2.45) is 0 Å². The van der Waals surface area contributed by atoms with E-state index in [9.17, 15) is 10.2 Å². The SMILES string of the molecule is Nc1nc(Nc2cc(O)ccc2O)c2ncn(C3CCCCO3)c2n1. The third-order valence-electron chi connectivity index (χ3n) is 4.14. The van der Waals surface area contributed by atoms with Gasteiger partial charge >= 0.3 is 0 Å². The number of aromatic nitrogens is 4. The average molecular weight is 342 g/mol. The normalized spacial score (nSPS) is 17.7. The maximum Gasteiger partial charge on any atom is 0.224 e. The number of hydrogen-bond donors (Lipinski definition) is 4. The van der Waals surface area contributed by atoms with Crippen LogP contribution in [0, 0.1) is 0 Å². The highest BCUT2D eigenvalue weighted by Gasteiger charge is 2.21. The molecule has 9 heteroatoms. The molecule has 3 heterocycles. The Kier molecular flexibility index (Phi) is 3.77. The van der Waals surface area contributed by atoms with Crippen LogP contribution in [0.1, 0.15) is 25.5 Å². The molecule has 25 heavy (non-hydrogen) atoms. The van der Waals surface area contributed by atoms with E-state index in [4.69, 9.17) is 10.5 Å². The molecule has 1 aromatic carbocycles. The minimum Gasteiger partial charge on any atom is -0.508 e. The van der Waals surface area contributed by atoms with Crippen molar-refractivity contribution < 1.29 is 14.9 Å². The van der Waals surface area contributed by atoms with Crippen molar-refractivity contribution in [1.29, 1.82) is 0 Å². The fourth-order valence-corrected chi connectivity index (χ4v) is 2.93. The first-order valence-corrected chi connectivity index (χ1v) is 8.02. The van der Waals surface area contributed by atoms with Crippen LogP contribution in [-0.2, 0) is 4.74 Å².